The molecule has 7 heteroatoms. The highest BCUT2D eigenvalue weighted by molar-refractivity contribution is 6.30. The first kappa shape index (κ1) is 18.8. The van der Waals surface area contributed by atoms with E-state index in [9.17, 15) is 4.79 Å². The third-order valence-electron chi connectivity index (χ3n) is 4.13. The Balaban J connectivity index is 2.07. The number of aromatic nitrogens is 2. The molecular formula is C20H20ClN3O3. The van der Waals surface area contributed by atoms with Crippen molar-refractivity contribution in [3.63, 3.8) is 0 Å². The molecule has 0 amide bonds. The van der Waals surface area contributed by atoms with Crippen molar-refractivity contribution in [1.29, 1.82) is 0 Å². The molecule has 1 heterocycles. The van der Waals surface area contributed by atoms with Gasteiger partial charge in [0.25, 0.3) is 0 Å². The number of methoxy groups -OCH3 is 2. The first-order valence-electron chi connectivity index (χ1n) is 8.29. The highest BCUT2D eigenvalue weighted by Crippen LogP contribution is 2.29. The molecule has 0 saturated heterocycles. The van der Waals surface area contributed by atoms with Crippen molar-refractivity contribution < 1.29 is 14.3 Å². The topological polar surface area (TPSA) is 65.4 Å². The lowest BCUT2D eigenvalue weighted by Gasteiger charge is -2.15. The summed E-state index contributed by atoms with van der Waals surface area (Å²) >= 11 is 6.17. The summed E-state index contributed by atoms with van der Waals surface area (Å²) < 4.78 is 11.9. The van der Waals surface area contributed by atoms with Gasteiger partial charge in [-0.25, -0.2) is 9.48 Å². The second-order valence-corrected chi connectivity index (χ2v) is 6.48. The fourth-order valence-corrected chi connectivity index (χ4v) is 2.93. The van der Waals surface area contributed by atoms with Gasteiger partial charge in [-0.3, -0.25) is 0 Å². The van der Waals surface area contributed by atoms with Crippen LogP contribution in [0.3, 0.4) is 0 Å². The molecular weight excluding hydrogens is 366 g/mol. The van der Waals surface area contributed by atoms with Crippen molar-refractivity contribution in [2.45, 2.75) is 13.8 Å². The third-order valence-corrected chi connectivity index (χ3v) is 4.36. The number of nitrogens with zero attached hydrogens (tertiary/aromatic N) is 2. The smallest absolute Gasteiger partial charge is 0.340 e. The van der Waals surface area contributed by atoms with Crippen molar-refractivity contribution in [2.24, 2.45) is 0 Å². The molecule has 0 saturated carbocycles. The quantitative estimate of drug-likeness (QED) is 0.646. The molecule has 0 spiro atoms. The fourth-order valence-electron chi connectivity index (χ4n) is 2.76. The summed E-state index contributed by atoms with van der Waals surface area (Å²) in [6.07, 6.45) is 0. The van der Waals surface area contributed by atoms with Gasteiger partial charge in [-0.2, -0.15) is 5.10 Å². The van der Waals surface area contributed by atoms with E-state index in [0.717, 1.165) is 16.9 Å². The Labute approximate surface area is 162 Å². The minimum atomic E-state index is -0.460. The van der Waals surface area contributed by atoms with E-state index in [4.69, 9.17) is 21.1 Å². The van der Waals surface area contributed by atoms with Gasteiger partial charge < -0.3 is 14.8 Å². The molecule has 1 N–H and O–H groups in total. The Hall–Kier alpha value is -2.99. The van der Waals surface area contributed by atoms with Gasteiger partial charge in [-0.15, -0.1) is 0 Å². The van der Waals surface area contributed by atoms with Crippen LogP contribution in [0, 0.1) is 13.8 Å². The summed E-state index contributed by atoms with van der Waals surface area (Å²) in [6, 6.07) is 12.7. The average Bonchev–Trinajstić information content (AvgIpc) is 3.03. The van der Waals surface area contributed by atoms with Crippen LogP contribution in [0.1, 0.15) is 21.6 Å². The van der Waals surface area contributed by atoms with Gasteiger partial charge in [-0.05, 0) is 49.7 Å². The lowest BCUT2D eigenvalue weighted by molar-refractivity contribution is 0.0601. The van der Waals surface area contributed by atoms with E-state index in [0.29, 0.717) is 27.8 Å². The fraction of sp³-hybridized carbons (Fsp3) is 0.200. The van der Waals surface area contributed by atoms with Gasteiger partial charge >= 0.3 is 5.97 Å². The van der Waals surface area contributed by atoms with Crippen LogP contribution >= 0.6 is 11.6 Å². The van der Waals surface area contributed by atoms with Crippen LogP contribution < -0.4 is 10.1 Å². The number of aryl methyl sites for hydroxylation is 2. The van der Waals surface area contributed by atoms with E-state index in [-0.39, 0.29) is 0 Å². The van der Waals surface area contributed by atoms with Gasteiger partial charge in [0.05, 0.1) is 36.9 Å². The van der Waals surface area contributed by atoms with E-state index < -0.39 is 5.97 Å². The summed E-state index contributed by atoms with van der Waals surface area (Å²) in [4.78, 5) is 12.2. The Morgan fingerprint density at radius 3 is 2.59 bits per heavy atom. The maximum Gasteiger partial charge on any atom is 0.340 e. The molecule has 0 aliphatic heterocycles. The summed E-state index contributed by atoms with van der Waals surface area (Å²) in [5.41, 5.74) is 3.65. The number of halogens is 1. The van der Waals surface area contributed by atoms with Crippen LogP contribution in [-0.2, 0) is 4.74 Å². The number of hydrogen-bond acceptors (Lipinski definition) is 5. The molecule has 0 radical (unpaired) electrons. The Morgan fingerprint density at radius 1 is 1.11 bits per heavy atom. The van der Waals surface area contributed by atoms with E-state index in [1.165, 1.54) is 7.11 Å². The number of hydrogen-bond donors (Lipinski definition) is 1. The predicted octanol–water partition coefficient (Wildman–Crippen LogP) is 4.68. The monoisotopic (exact) mass is 385 g/mol. The first-order valence-corrected chi connectivity index (χ1v) is 8.67. The van der Waals surface area contributed by atoms with Crippen molar-refractivity contribution >= 4 is 29.1 Å². The SMILES string of the molecule is COC(=O)c1cc(OC)ccc1Nc1cc(C)nn1-c1cc(Cl)ccc1C. The maximum absolute atomic E-state index is 12.2. The highest BCUT2D eigenvalue weighted by atomic mass is 35.5. The minimum Gasteiger partial charge on any atom is -0.497 e. The second-order valence-electron chi connectivity index (χ2n) is 6.04. The van der Waals surface area contributed by atoms with Crippen LogP contribution in [-0.4, -0.2) is 30.0 Å². The number of esters is 1. The van der Waals surface area contributed by atoms with Gasteiger partial charge in [0, 0.05) is 11.1 Å². The maximum atomic E-state index is 12.2. The van der Waals surface area contributed by atoms with E-state index in [2.05, 4.69) is 10.4 Å². The molecule has 3 rings (SSSR count). The lowest BCUT2D eigenvalue weighted by Crippen LogP contribution is -2.09. The molecule has 1 aromatic heterocycles. The zero-order chi connectivity index (χ0) is 19.6. The number of ether oxygens (including phenoxy) is 2. The molecule has 27 heavy (non-hydrogen) atoms. The van der Waals surface area contributed by atoms with Crippen LogP contribution in [0.25, 0.3) is 5.69 Å². The van der Waals surface area contributed by atoms with Gasteiger partial charge in [-0.1, -0.05) is 17.7 Å². The highest BCUT2D eigenvalue weighted by Gasteiger charge is 2.17. The lowest BCUT2D eigenvalue weighted by atomic mass is 10.1. The number of rotatable bonds is 5. The molecule has 0 aliphatic carbocycles. The van der Waals surface area contributed by atoms with Crippen molar-refractivity contribution in [3.8, 4) is 11.4 Å². The van der Waals surface area contributed by atoms with E-state index in [1.807, 2.05) is 38.1 Å². The second kappa shape index (κ2) is 7.72. The van der Waals surface area contributed by atoms with Gasteiger partial charge in [0.1, 0.15) is 11.6 Å². The predicted molar refractivity (Wildman–Crippen MR) is 106 cm³/mol. The van der Waals surface area contributed by atoms with Gasteiger partial charge in [0.2, 0.25) is 0 Å². The molecule has 0 atom stereocenters. The van der Waals surface area contributed by atoms with Crippen LogP contribution in [0.4, 0.5) is 11.5 Å². The van der Waals surface area contributed by atoms with E-state index >= 15 is 0 Å². The number of carbonyl (C=O) groups is 1. The average molecular weight is 386 g/mol. The standard InChI is InChI=1S/C20H20ClN3O3/c1-12-5-6-14(21)10-18(12)24-19(9-13(2)23-24)22-17-8-7-15(26-3)11-16(17)20(25)27-4/h5-11,22H,1-4H3. The zero-order valence-corrected chi connectivity index (χ0v) is 16.3. The van der Waals surface area contributed by atoms with Gasteiger partial charge in [0.15, 0.2) is 0 Å². The third kappa shape index (κ3) is 3.90. The molecule has 140 valence electrons. The van der Waals surface area contributed by atoms with Crippen LogP contribution in [0.15, 0.2) is 42.5 Å². The Bertz CT molecular complexity index is 998. The molecule has 0 fully saturated rings. The molecule has 3 aromatic rings. The zero-order valence-electron chi connectivity index (χ0n) is 15.5. The normalized spacial score (nSPS) is 10.6. The molecule has 2 aromatic carbocycles. The summed E-state index contributed by atoms with van der Waals surface area (Å²) in [5.74, 6) is 0.808. The van der Waals surface area contributed by atoms with Crippen LogP contribution in [0.5, 0.6) is 5.75 Å². The van der Waals surface area contributed by atoms with Crippen molar-refractivity contribution in [2.75, 3.05) is 19.5 Å². The summed E-state index contributed by atoms with van der Waals surface area (Å²) in [6.45, 7) is 3.89. The number of carbonyl (C=O) groups excluding carboxylic acids is 1. The summed E-state index contributed by atoms with van der Waals surface area (Å²) in [7, 11) is 2.89. The molecule has 6 nitrogen and oxygen atoms in total. The Kier molecular flexibility index (Phi) is 5.37. The first-order chi connectivity index (χ1) is 12.9. The largest absolute Gasteiger partial charge is 0.497 e. The summed E-state index contributed by atoms with van der Waals surface area (Å²) in [5, 5.41) is 8.46. The number of anilines is 2. The van der Waals surface area contributed by atoms with E-state index in [1.54, 1.807) is 30.0 Å². The molecule has 0 aliphatic rings. The molecule has 0 unspecified atom stereocenters. The van der Waals surface area contributed by atoms with Crippen molar-refractivity contribution in [1.82, 2.24) is 9.78 Å². The number of nitrogens with one attached hydrogen (secondary N) is 1. The molecule has 0 bridgehead atoms. The number of benzene rings is 2. The van der Waals surface area contributed by atoms with Crippen LogP contribution in [0.2, 0.25) is 5.02 Å². The minimum absolute atomic E-state index is 0.366. The Morgan fingerprint density at radius 2 is 1.89 bits per heavy atom. The van der Waals surface area contributed by atoms with Crippen molar-refractivity contribution in [3.05, 3.63) is 64.3 Å².